The van der Waals surface area contributed by atoms with Crippen molar-refractivity contribution < 1.29 is 0 Å². The molecule has 0 aliphatic heterocycles. The van der Waals surface area contributed by atoms with Crippen LogP contribution >= 0.6 is 0 Å². The minimum absolute atomic E-state index is 0.550. The van der Waals surface area contributed by atoms with Crippen molar-refractivity contribution in [1.82, 2.24) is 25.1 Å². The topological polar surface area (TPSA) is 72.9 Å². The van der Waals surface area contributed by atoms with Crippen LogP contribution in [0.5, 0.6) is 0 Å². The monoisotopic (exact) mass is 260 g/mol. The predicted molar refractivity (Wildman–Crippen MR) is 74.3 cm³/mol. The third-order valence-corrected chi connectivity index (χ3v) is 2.95. The van der Waals surface area contributed by atoms with Crippen LogP contribution < -0.4 is 5.73 Å². The molecule has 0 atom stereocenters. The molecule has 6 nitrogen and oxygen atoms in total. The molecule has 102 valence electrons. The Labute approximate surface area is 113 Å². The summed E-state index contributed by atoms with van der Waals surface area (Å²) in [6.07, 6.45) is 1.02. The van der Waals surface area contributed by atoms with Crippen LogP contribution in [-0.4, -0.2) is 45.7 Å². The van der Waals surface area contributed by atoms with E-state index in [1.54, 1.807) is 0 Å². The second-order valence-electron chi connectivity index (χ2n) is 4.78. The lowest BCUT2D eigenvalue weighted by atomic mass is 10.1. The molecule has 0 saturated carbocycles. The molecule has 0 aliphatic rings. The number of aryl methyl sites for hydroxylation is 1. The van der Waals surface area contributed by atoms with E-state index in [1.165, 1.54) is 0 Å². The van der Waals surface area contributed by atoms with Gasteiger partial charge in [-0.2, -0.15) is 0 Å². The minimum Gasteiger partial charge on any atom is -0.326 e. The molecular weight excluding hydrogens is 240 g/mol. The summed E-state index contributed by atoms with van der Waals surface area (Å²) in [6.45, 7) is 2.39. The standard InChI is InChI=1S/C13H20N6/c1-18(2)8-3-9-19-13(15-16-17-19)12-6-4-11(10-14)5-7-12/h4-7H,3,8-10,14H2,1-2H3. The van der Waals surface area contributed by atoms with Gasteiger partial charge in [0, 0.05) is 18.7 Å². The number of tetrazole rings is 1. The van der Waals surface area contributed by atoms with E-state index in [0.29, 0.717) is 6.54 Å². The van der Waals surface area contributed by atoms with Gasteiger partial charge in [0.15, 0.2) is 5.82 Å². The Hall–Kier alpha value is -1.79. The summed E-state index contributed by atoms with van der Waals surface area (Å²) in [5.41, 5.74) is 7.72. The molecule has 0 fully saturated rings. The molecule has 0 saturated heterocycles. The Balaban J connectivity index is 2.09. The van der Waals surface area contributed by atoms with Gasteiger partial charge in [-0.05, 0) is 43.1 Å². The molecule has 1 aromatic heterocycles. The minimum atomic E-state index is 0.550. The van der Waals surface area contributed by atoms with Crippen molar-refractivity contribution in [3.05, 3.63) is 29.8 Å². The van der Waals surface area contributed by atoms with E-state index >= 15 is 0 Å². The van der Waals surface area contributed by atoms with Crippen molar-refractivity contribution in [2.45, 2.75) is 19.5 Å². The predicted octanol–water partition coefficient (Wildman–Crippen LogP) is 0.751. The summed E-state index contributed by atoms with van der Waals surface area (Å²) < 4.78 is 1.85. The first kappa shape index (κ1) is 13.6. The number of benzene rings is 1. The summed E-state index contributed by atoms with van der Waals surface area (Å²) in [4.78, 5) is 2.15. The fourth-order valence-electron chi connectivity index (χ4n) is 1.89. The van der Waals surface area contributed by atoms with Crippen molar-refractivity contribution in [2.24, 2.45) is 5.73 Å². The van der Waals surface area contributed by atoms with Gasteiger partial charge in [0.05, 0.1) is 0 Å². The van der Waals surface area contributed by atoms with E-state index in [0.717, 1.165) is 36.5 Å². The maximum absolute atomic E-state index is 5.59. The number of hydrogen-bond donors (Lipinski definition) is 1. The summed E-state index contributed by atoms with van der Waals surface area (Å²) in [5.74, 6) is 0.808. The summed E-state index contributed by atoms with van der Waals surface area (Å²) >= 11 is 0. The lowest BCUT2D eigenvalue weighted by molar-refractivity contribution is 0.379. The van der Waals surface area contributed by atoms with Crippen LogP contribution in [0.25, 0.3) is 11.4 Å². The van der Waals surface area contributed by atoms with Gasteiger partial charge < -0.3 is 10.6 Å². The Morgan fingerprint density at radius 2 is 1.95 bits per heavy atom. The molecule has 0 unspecified atom stereocenters. The molecule has 6 heteroatoms. The third kappa shape index (κ3) is 3.59. The van der Waals surface area contributed by atoms with Gasteiger partial charge in [-0.1, -0.05) is 24.3 Å². The van der Waals surface area contributed by atoms with Gasteiger partial charge in [-0.3, -0.25) is 0 Å². The molecule has 0 amide bonds. The Kier molecular flexibility index (Phi) is 4.59. The second kappa shape index (κ2) is 6.40. The van der Waals surface area contributed by atoms with E-state index in [-0.39, 0.29) is 0 Å². The van der Waals surface area contributed by atoms with Crippen LogP contribution in [0.2, 0.25) is 0 Å². The van der Waals surface area contributed by atoms with Crippen molar-refractivity contribution in [1.29, 1.82) is 0 Å². The number of aromatic nitrogens is 4. The Bertz CT molecular complexity index is 502. The number of nitrogens with zero attached hydrogens (tertiary/aromatic N) is 5. The lowest BCUT2D eigenvalue weighted by Crippen LogP contribution is -2.15. The van der Waals surface area contributed by atoms with E-state index in [4.69, 9.17) is 5.73 Å². The fraction of sp³-hybridized carbons (Fsp3) is 0.462. The van der Waals surface area contributed by atoms with Gasteiger partial charge in [0.25, 0.3) is 0 Å². The van der Waals surface area contributed by atoms with Crippen LogP contribution in [0.1, 0.15) is 12.0 Å². The Morgan fingerprint density at radius 1 is 1.21 bits per heavy atom. The van der Waals surface area contributed by atoms with Gasteiger partial charge in [-0.25, -0.2) is 4.68 Å². The zero-order valence-electron chi connectivity index (χ0n) is 11.5. The van der Waals surface area contributed by atoms with Crippen LogP contribution in [0.3, 0.4) is 0 Å². The highest BCUT2D eigenvalue weighted by Crippen LogP contribution is 2.16. The highest BCUT2D eigenvalue weighted by molar-refractivity contribution is 5.54. The molecule has 0 bridgehead atoms. The van der Waals surface area contributed by atoms with Crippen molar-refractivity contribution in [3.8, 4) is 11.4 Å². The third-order valence-electron chi connectivity index (χ3n) is 2.95. The zero-order chi connectivity index (χ0) is 13.7. The summed E-state index contributed by atoms with van der Waals surface area (Å²) in [5, 5.41) is 11.9. The second-order valence-corrected chi connectivity index (χ2v) is 4.78. The van der Waals surface area contributed by atoms with Crippen molar-refractivity contribution in [3.63, 3.8) is 0 Å². The van der Waals surface area contributed by atoms with Gasteiger partial charge >= 0.3 is 0 Å². The molecule has 2 rings (SSSR count). The van der Waals surface area contributed by atoms with E-state index in [9.17, 15) is 0 Å². The highest BCUT2D eigenvalue weighted by Gasteiger charge is 2.08. The molecule has 1 heterocycles. The van der Waals surface area contributed by atoms with Crippen LogP contribution in [0.15, 0.2) is 24.3 Å². The van der Waals surface area contributed by atoms with Gasteiger partial charge in [0.2, 0.25) is 0 Å². The molecular formula is C13H20N6. The number of rotatable bonds is 6. The lowest BCUT2D eigenvalue weighted by Gasteiger charge is -2.09. The van der Waals surface area contributed by atoms with Crippen LogP contribution in [0.4, 0.5) is 0 Å². The van der Waals surface area contributed by atoms with Gasteiger partial charge in [-0.15, -0.1) is 5.10 Å². The maximum atomic E-state index is 5.59. The largest absolute Gasteiger partial charge is 0.326 e. The van der Waals surface area contributed by atoms with Crippen LogP contribution in [0, 0.1) is 0 Å². The van der Waals surface area contributed by atoms with E-state index < -0.39 is 0 Å². The molecule has 0 spiro atoms. The van der Waals surface area contributed by atoms with Crippen molar-refractivity contribution in [2.75, 3.05) is 20.6 Å². The first-order valence-corrected chi connectivity index (χ1v) is 6.41. The quantitative estimate of drug-likeness (QED) is 0.829. The number of hydrogen-bond acceptors (Lipinski definition) is 5. The average Bonchev–Trinajstić information content (AvgIpc) is 2.87. The molecule has 19 heavy (non-hydrogen) atoms. The Morgan fingerprint density at radius 3 is 2.58 bits per heavy atom. The SMILES string of the molecule is CN(C)CCCn1nnnc1-c1ccc(CN)cc1. The van der Waals surface area contributed by atoms with Crippen LogP contribution in [-0.2, 0) is 13.1 Å². The normalized spacial score (nSPS) is 11.2. The molecule has 0 aliphatic carbocycles. The first-order chi connectivity index (χ1) is 9.20. The highest BCUT2D eigenvalue weighted by atomic mass is 15.5. The smallest absolute Gasteiger partial charge is 0.182 e. The molecule has 2 aromatic rings. The van der Waals surface area contributed by atoms with Gasteiger partial charge in [0.1, 0.15) is 0 Å². The molecule has 2 N–H and O–H groups in total. The average molecular weight is 260 g/mol. The zero-order valence-corrected chi connectivity index (χ0v) is 11.5. The summed E-state index contributed by atoms with van der Waals surface area (Å²) in [7, 11) is 4.12. The summed E-state index contributed by atoms with van der Waals surface area (Å²) in [6, 6.07) is 8.04. The number of nitrogens with two attached hydrogens (primary N) is 1. The molecule has 0 radical (unpaired) electrons. The van der Waals surface area contributed by atoms with Crippen molar-refractivity contribution >= 4 is 0 Å². The molecule has 1 aromatic carbocycles. The van der Waals surface area contributed by atoms with E-state index in [2.05, 4.69) is 34.5 Å². The van der Waals surface area contributed by atoms with E-state index in [1.807, 2.05) is 28.9 Å². The fourth-order valence-corrected chi connectivity index (χ4v) is 1.89. The first-order valence-electron chi connectivity index (χ1n) is 6.41. The maximum Gasteiger partial charge on any atom is 0.182 e.